The van der Waals surface area contributed by atoms with E-state index in [1.807, 2.05) is 0 Å². The smallest absolute Gasteiger partial charge is 0.0635 e. The molecule has 1 aliphatic rings. The van der Waals surface area contributed by atoms with Gasteiger partial charge in [-0.25, -0.2) is 0 Å². The van der Waals surface area contributed by atoms with E-state index in [1.165, 1.54) is 25.9 Å². The first-order valence-corrected chi connectivity index (χ1v) is 5.68. The number of hydrogen-bond acceptors (Lipinski definition) is 2. The van der Waals surface area contributed by atoms with Crippen molar-refractivity contribution >= 4 is 0 Å². The van der Waals surface area contributed by atoms with Crippen LogP contribution in [0, 0.1) is 22.7 Å². The molecule has 0 atom stereocenters. The number of nitrogens with zero attached hydrogens (tertiary/aromatic N) is 2. The van der Waals surface area contributed by atoms with Crippen LogP contribution in [-0.4, -0.2) is 24.5 Å². The van der Waals surface area contributed by atoms with Gasteiger partial charge in [0, 0.05) is 13.0 Å². The van der Waals surface area contributed by atoms with Gasteiger partial charge in [0.25, 0.3) is 0 Å². The molecule has 80 valence electrons. The second kappa shape index (κ2) is 4.79. The summed E-state index contributed by atoms with van der Waals surface area (Å²) < 4.78 is 0. The van der Waals surface area contributed by atoms with Gasteiger partial charge in [-0.3, -0.25) is 0 Å². The van der Waals surface area contributed by atoms with E-state index >= 15 is 0 Å². The molecule has 0 aromatic carbocycles. The quantitative estimate of drug-likeness (QED) is 0.690. The zero-order valence-corrected chi connectivity index (χ0v) is 9.71. The lowest BCUT2D eigenvalue weighted by Crippen LogP contribution is -2.41. The van der Waals surface area contributed by atoms with E-state index in [0.29, 0.717) is 11.8 Å². The number of likely N-dealkylation sites (tertiary alicyclic amines) is 1. The minimum atomic E-state index is 0.531. The van der Waals surface area contributed by atoms with Crippen LogP contribution in [0.25, 0.3) is 0 Å². The van der Waals surface area contributed by atoms with Crippen LogP contribution in [0.4, 0.5) is 0 Å². The van der Waals surface area contributed by atoms with Gasteiger partial charge in [0.2, 0.25) is 0 Å². The van der Waals surface area contributed by atoms with Crippen molar-refractivity contribution in [2.45, 2.75) is 40.0 Å². The maximum absolute atomic E-state index is 8.51. The third kappa shape index (κ3) is 2.72. The largest absolute Gasteiger partial charge is 0.302 e. The van der Waals surface area contributed by atoms with E-state index < -0.39 is 0 Å². The SMILES string of the molecule is CC(C)C1(C)CCN(CCC#N)CC1. The van der Waals surface area contributed by atoms with Crippen LogP contribution >= 0.6 is 0 Å². The average Bonchev–Trinajstić information content (AvgIpc) is 2.17. The lowest BCUT2D eigenvalue weighted by molar-refractivity contribution is 0.0796. The van der Waals surface area contributed by atoms with Gasteiger partial charge in [0.05, 0.1) is 6.07 Å². The van der Waals surface area contributed by atoms with Crippen LogP contribution in [0.3, 0.4) is 0 Å². The fourth-order valence-corrected chi connectivity index (χ4v) is 2.07. The Morgan fingerprint density at radius 2 is 1.93 bits per heavy atom. The maximum Gasteiger partial charge on any atom is 0.0635 e. The molecule has 1 fully saturated rings. The molecule has 0 aliphatic carbocycles. The van der Waals surface area contributed by atoms with Crippen molar-refractivity contribution in [2.24, 2.45) is 11.3 Å². The summed E-state index contributed by atoms with van der Waals surface area (Å²) in [5.41, 5.74) is 0.531. The van der Waals surface area contributed by atoms with Crippen LogP contribution < -0.4 is 0 Å². The molecule has 0 N–H and O–H groups in total. The van der Waals surface area contributed by atoms with E-state index in [2.05, 4.69) is 31.7 Å². The summed E-state index contributed by atoms with van der Waals surface area (Å²) in [6.07, 6.45) is 3.25. The van der Waals surface area contributed by atoms with Crippen LogP contribution in [0.15, 0.2) is 0 Å². The molecule has 0 spiro atoms. The molecule has 0 radical (unpaired) electrons. The summed E-state index contributed by atoms with van der Waals surface area (Å²) in [4.78, 5) is 2.42. The standard InChI is InChI=1S/C12H22N2/c1-11(2)12(3)5-9-14(10-6-12)8-4-7-13/h11H,4-6,8-10H2,1-3H3. The molecular weight excluding hydrogens is 172 g/mol. The Morgan fingerprint density at radius 1 is 1.36 bits per heavy atom. The molecule has 14 heavy (non-hydrogen) atoms. The summed E-state index contributed by atoms with van der Waals surface area (Å²) in [6, 6.07) is 2.22. The number of rotatable bonds is 3. The first-order valence-electron chi connectivity index (χ1n) is 5.68. The predicted octanol–water partition coefficient (Wildman–Crippen LogP) is 2.66. The fraction of sp³-hybridized carbons (Fsp3) is 0.917. The third-order valence-corrected chi connectivity index (χ3v) is 3.93. The Hall–Kier alpha value is -0.550. The second-order valence-corrected chi connectivity index (χ2v) is 5.06. The highest BCUT2D eigenvalue weighted by molar-refractivity contribution is 4.85. The van der Waals surface area contributed by atoms with Crippen molar-refractivity contribution in [1.82, 2.24) is 4.90 Å². The van der Waals surface area contributed by atoms with Crippen molar-refractivity contribution in [3.8, 4) is 6.07 Å². The molecule has 0 bridgehead atoms. The predicted molar refractivity (Wildman–Crippen MR) is 58.8 cm³/mol. The molecule has 2 nitrogen and oxygen atoms in total. The Kier molecular flexibility index (Phi) is 3.95. The monoisotopic (exact) mass is 194 g/mol. The molecule has 0 unspecified atom stereocenters. The molecule has 1 rings (SSSR count). The lowest BCUT2D eigenvalue weighted by atomic mass is 9.72. The summed E-state index contributed by atoms with van der Waals surface area (Å²) in [5, 5.41) is 8.51. The van der Waals surface area contributed by atoms with Crippen molar-refractivity contribution in [1.29, 1.82) is 5.26 Å². The molecule has 1 saturated heterocycles. The van der Waals surface area contributed by atoms with Gasteiger partial charge in [-0.15, -0.1) is 0 Å². The summed E-state index contributed by atoms with van der Waals surface area (Å²) in [7, 11) is 0. The van der Waals surface area contributed by atoms with E-state index in [1.54, 1.807) is 0 Å². The number of piperidine rings is 1. The molecule has 1 heterocycles. The minimum Gasteiger partial charge on any atom is -0.302 e. The van der Waals surface area contributed by atoms with E-state index in [-0.39, 0.29) is 0 Å². The van der Waals surface area contributed by atoms with Crippen LogP contribution in [0.5, 0.6) is 0 Å². The second-order valence-electron chi connectivity index (χ2n) is 5.06. The first-order chi connectivity index (χ1) is 6.58. The lowest BCUT2D eigenvalue weighted by Gasteiger charge is -2.42. The minimum absolute atomic E-state index is 0.531. The van der Waals surface area contributed by atoms with Crippen molar-refractivity contribution in [3.63, 3.8) is 0 Å². The summed E-state index contributed by atoms with van der Waals surface area (Å²) >= 11 is 0. The number of hydrogen-bond donors (Lipinski definition) is 0. The normalized spacial score (nSPS) is 22.2. The molecule has 0 saturated carbocycles. The van der Waals surface area contributed by atoms with Gasteiger partial charge in [0.1, 0.15) is 0 Å². The first kappa shape index (κ1) is 11.5. The van der Waals surface area contributed by atoms with Crippen LogP contribution in [0.1, 0.15) is 40.0 Å². The van der Waals surface area contributed by atoms with Crippen molar-refractivity contribution < 1.29 is 0 Å². The zero-order valence-electron chi connectivity index (χ0n) is 9.71. The van der Waals surface area contributed by atoms with Gasteiger partial charge in [-0.2, -0.15) is 5.26 Å². The number of nitriles is 1. The highest BCUT2D eigenvalue weighted by Gasteiger charge is 2.32. The Balaban J connectivity index is 2.35. The van der Waals surface area contributed by atoms with Gasteiger partial charge >= 0.3 is 0 Å². The Morgan fingerprint density at radius 3 is 2.36 bits per heavy atom. The third-order valence-electron chi connectivity index (χ3n) is 3.93. The van der Waals surface area contributed by atoms with E-state index in [0.717, 1.165) is 12.5 Å². The highest BCUT2D eigenvalue weighted by atomic mass is 15.1. The molecule has 0 amide bonds. The average molecular weight is 194 g/mol. The summed E-state index contributed by atoms with van der Waals surface area (Å²) in [6.45, 7) is 10.4. The maximum atomic E-state index is 8.51. The molecule has 0 aromatic rings. The molecule has 0 aromatic heterocycles. The Labute approximate surface area is 87.9 Å². The van der Waals surface area contributed by atoms with Gasteiger partial charge in [-0.05, 0) is 37.3 Å². The highest BCUT2D eigenvalue weighted by Crippen LogP contribution is 2.37. The zero-order chi connectivity index (χ0) is 10.6. The van der Waals surface area contributed by atoms with Crippen LogP contribution in [-0.2, 0) is 0 Å². The van der Waals surface area contributed by atoms with Gasteiger partial charge in [0.15, 0.2) is 0 Å². The summed E-state index contributed by atoms with van der Waals surface area (Å²) in [5.74, 6) is 0.778. The molecular formula is C12H22N2. The fourth-order valence-electron chi connectivity index (χ4n) is 2.07. The molecule has 1 aliphatic heterocycles. The van der Waals surface area contributed by atoms with E-state index in [9.17, 15) is 0 Å². The van der Waals surface area contributed by atoms with Crippen molar-refractivity contribution in [3.05, 3.63) is 0 Å². The Bertz CT molecular complexity index is 207. The van der Waals surface area contributed by atoms with Crippen LogP contribution in [0.2, 0.25) is 0 Å². The molecule has 2 heteroatoms. The van der Waals surface area contributed by atoms with Crippen molar-refractivity contribution in [2.75, 3.05) is 19.6 Å². The van der Waals surface area contributed by atoms with Gasteiger partial charge < -0.3 is 4.90 Å². The van der Waals surface area contributed by atoms with Gasteiger partial charge in [-0.1, -0.05) is 20.8 Å². The van der Waals surface area contributed by atoms with E-state index in [4.69, 9.17) is 5.26 Å². The topological polar surface area (TPSA) is 27.0 Å².